The summed E-state index contributed by atoms with van der Waals surface area (Å²) in [5.41, 5.74) is 0. The van der Waals surface area contributed by atoms with Gasteiger partial charge in [-0.25, -0.2) is 0 Å². The average Bonchev–Trinajstić information content (AvgIpc) is 2.11. The van der Waals surface area contributed by atoms with E-state index in [1.165, 1.54) is 0 Å². The van der Waals surface area contributed by atoms with Crippen molar-refractivity contribution in [1.29, 1.82) is 0 Å². The van der Waals surface area contributed by atoms with Crippen LogP contribution in [-0.4, -0.2) is 29.5 Å². The zero-order valence-electron chi connectivity index (χ0n) is 7.35. The molecule has 12 heavy (non-hydrogen) atoms. The molecule has 72 valence electrons. The minimum absolute atomic E-state index is 0.0113. The second kappa shape index (κ2) is 7.37. The molecule has 4 heteroatoms. The van der Waals surface area contributed by atoms with E-state index in [1.807, 2.05) is 0 Å². The van der Waals surface area contributed by atoms with Crippen molar-refractivity contribution >= 4 is 17.5 Å². The third-order valence-electron chi connectivity index (χ3n) is 1.61. The Kier molecular flexibility index (Phi) is 7.20. The van der Waals surface area contributed by atoms with Gasteiger partial charge < -0.3 is 10.4 Å². The maximum atomic E-state index is 10.8. The molecule has 0 aromatic carbocycles. The van der Waals surface area contributed by atoms with Gasteiger partial charge in [0.15, 0.2) is 0 Å². The highest BCUT2D eigenvalue weighted by atomic mass is 35.5. The van der Waals surface area contributed by atoms with E-state index >= 15 is 0 Å². The first-order valence-electron chi connectivity index (χ1n) is 4.20. The fourth-order valence-corrected chi connectivity index (χ4v) is 1.00. The lowest BCUT2D eigenvalue weighted by Crippen LogP contribution is -2.38. The van der Waals surface area contributed by atoms with Crippen LogP contribution >= 0.6 is 11.6 Å². The van der Waals surface area contributed by atoms with Crippen LogP contribution in [0.4, 0.5) is 0 Å². The SMILES string of the molecule is CCCCC(CO)NC(=O)CCl. The number of halogens is 1. The van der Waals surface area contributed by atoms with Crippen LogP contribution in [0.5, 0.6) is 0 Å². The second-order valence-electron chi connectivity index (χ2n) is 2.72. The molecule has 0 saturated heterocycles. The number of carbonyl (C=O) groups excluding carboxylic acids is 1. The topological polar surface area (TPSA) is 49.3 Å². The summed E-state index contributed by atoms with van der Waals surface area (Å²) in [6, 6.07) is -0.129. The highest BCUT2D eigenvalue weighted by Gasteiger charge is 2.08. The van der Waals surface area contributed by atoms with Gasteiger partial charge in [0, 0.05) is 0 Å². The number of carbonyl (C=O) groups is 1. The molecule has 0 bridgehead atoms. The van der Waals surface area contributed by atoms with Gasteiger partial charge >= 0.3 is 0 Å². The van der Waals surface area contributed by atoms with Crippen molar-refractivity contribution in [2.75, 3.05) is 12.5 Å². The summed E-state index contributed by atoms with van der Waals surface area (Å²) >= 11 is 5.29. The number of aliphatic hydroxyl groups excluding tert-OH is 1. The summed E-state index contributed by atoms with van der Waals surface area (Å²) in [6.45, 7) is 2.06. The maximum Gasteiger partial charge on any atom is 0.235 e. The van der Waals surface area contributed by atoms with E-state index in [2.05, 4.69) is 12.2 Å². The van der Waals surface area contributed by atoms with Crippen LogP contribution in [0.3, 0.4) is 0 Å². The van der Waals surface area contributed by atoms with Gasteiger partial charge in [0.1, 0.15) is 5.88 Å². The van der Waals surface area contributed by atoms with Crippen LogP contribution in [0.2, 0.25) is 0 Å². The van der Waals surface area contributed by atoms with Crippen LogP contribution in [0.1, 0.15) is 26.2 Å². The molecule has 1 amide bonds. The molecule has 0 aromatic rings. The number of hydrogen-bond acceptors (Lipinski definition) is 2. The summed E-state index contributed by atoms with van der Waals surface area (Å²) < 4.78 is 0. The van der Waals surface area contributed by atoms with Gasteiger partial charge in [-0.2, -0.15) is 0 Å². The second-order valence-corrected chi connectivity index (χ2v) is 2.99. The molecule has 0 saturated carbocycles. The van der Waals surface area contributed by atoms with E-state index in [9.17, 15) is 4.79 Å². The van der Waals surface area contributed by atoms with Crippen molar-refractivity contribution in [3.8, 4) is 0 Å². The summed E-state index contributed by atoms with van der Waals surface area (Å²) in [7, 11) is 0. The van der Waals surface area contributed by atoms with Crippen molar-refractivity contribution in [2.24, 2.45) is 0 Å². The molecule has 0 rings (SSSR count). The Morgan fingerprint density at radius 3 is 2.75 bits per heavy atom. The van der Waals surface area contributed by atoms with E-state index in [0.29, 0.717) is 0 Å². The third-order valence-corrected chi connectivity index (χ3v) is 1.86. The predicted molar refractivity (Wildman–Crippen MR) is 49.3 cm³/mol. The minimum Gasteiger partial charge on any atom is -0.394 e. The Morgan fingerprint density at radius 1 is 1.67 bits per heavy atom. The number of rotatable bonds is 6. The standard InChI is InChI=1S/C8H16ClNO2/c1-2-3-4-7(6-11)10-8(12)5-9/h7,11H,2-6H2,1H3,(H,10,12). The summed E-state index contributed by atoms with van der Waals surface area (Å²) in [4.78, 5) is 10.8. The van der Waals surface area contributed by atoms with Crippen LogP contribution in [0.15, 0.2) is 0 Å². The smallest absolute Gasteiger partial charge is 0.235 e. The molecule has 0 spiro atoms. The monoisotopic (exact) mass is 193 g/mol. The Hall–Kier alpha value is -0.280. The lowest BCUT2D eigenvalue weighted by molar-refractivity contribution is -0.119. The van der Waals surface area contributed by atoms with Crippen LogP contribution in [-0.2, 0) is 4.79 Å². The van der Waals surface area contributed by atoms with E-state index in [4.69, 9.17) is 16.7 Å². The van der Waals surface area contributed by atoms with E-state index in [1.54, 1.807) is 0 Å². The number of alkyl halides is 1. The minimum atomic E-state index is -0.216. The molecule has 2 N–H and O–H groups in total. The fraction of sp³-hybridized carbons (Fsp3) is 0.875. The fourth-order valence-electron chi connectivity index (χ4n) is 0.926. The molecular weight excluding hydrogens is 178 g/mol. The van der Waals surface area contributed by atoms with E-state index in [0.717, 1.165) is 19.3 Å². The molecule has 0 aliphatic carbocycles. The zero-order valence-corrected chi connectivity index (χ0v) is 8.10. The summed E-state index contributed by atoms with van der Waals surface area (Å²) in [6.07, 6.45) is 2.89. The summed E-state index contributed by atoms with van der Waals surface area (Å²) in [5, 5.41) is 11.5. The highest BCUT2D eigenvalue weighted by molar-refractivity contribution is 6.27. The first kappa shape index (κ1) is 11.7. The largest absolute Gasteiger partial charge is 0.394 e. The molecule has 0 radical (unpaired) electrons. The molecule has 0 fully saturated rings. The quantitative estimate of drug-likeness (QED) is 0.616. The van der Waals surface area contributed by atoms with Gasteiger partial charge in [0.2, 0.25) is 5.91 Å². The maximum absolute atomic E-state index is 10.8. The van der Waals surface area contributed by atoms with Crippen LogP contribution < -0.4 is 5.32 Å². The summed E-state index contributed by atoms with van der Waals surface area (Å²) in [5.74, 6) is -0.255. The van der Waals surface area contributed by atoms with Crippen molar-refractivity contribution < 1.29 is 9.90 Å². The van der Waals surface area contributed by atoms with E-state index in [-0.39, 0.29) is 24.4 Å². The number of amides is 1. The lowest BCUT2D eigenvalue weighted by Gasteiger charge is -2.14. The molecule has 0 aliphatic heterocycles. The van der Waals surface area contributed by atoms with Crippen molar-refractivity contribution in [3.05, 3.63) is 0 Å². The first-order chi connectivity index (χ1) is 5.74. The Labute approximate surface area is 78.1 Å². The molecule has 0 aliphatic rings. The van der Waals surface area contributed by atoms with Gasteiger partial charge in [0.25, 0.3) is 0 Å². The molecular formula is C8H16ClNO2. The highest BCUT2D eigenvalue weighted by Crippen LogP contribution is 1.99. The number of aliphatic hydroxyl groups is 1. The van der Waals surface area contributed by atoms with Gasteiger partial charge in [0.05, 0.1) is 12.6 Å². The van der Waals surface area contributed by atoms with Gasteiger partial charge in [-0.15, -0.1) is 11.6 Å². The number of unbranched alkanes of at least 4 members (excludes halogenated alkanes) is 1. The predicted octanol–water partition coefficient (Wildman–Crippen LogP) is 0.892. The Bertz CT molecular complexity index is 130. The van der Waals surface area contributed by atoms with Crippen LogP contribution in [0.25, 0.3) is 0 Å². The molecule has 1 unspecified atom stereocenters. The van der Waals surface area contributed by atoms with Gasteiger partial charge in [-0.3, -0.25) is 4.79 Å². The number of nitrogens with one attached hydrogen (secondary N) is 1. The number of hydrogen-bond donors (Lipinski definition) is 2. The van der Waals surface area contributed by atoms with E-state index < -0.39 is 0 Å². The van der Waals surface area contributed by atoms with Crippen molar-refractivity contribution in [1.82, 2.24) is 5.32 Å². The molecule has 3 nitrogen and oxygen atoms in total. The lowest BCUT2D eigenvalue weighted by atomic mass is 10.1. The Morgan fingerprint density at radius 2 is 2.33 bits per heavy atom. The Balaban J connectivity index is 3.59. The van der Waals surface area contributed by atoms with Crippen molar-refractivity contribution in [3.63, 3.8) is 0 Å². The molecule has 0 aromatic heterocycles. The zero-order chi connectivity index (χ0) is 9.40. The molecule has 1 atom stereocenters. The average molecular weight is 194 g/mol. The van der Waals surface area contributed by atoms with Gasteiger partial charge in [-0.1, -0.05) is 19.8 Å². The van der Waals surface area contributed by atoms with Crippen molar-refractivity contribution in [2.45, 2.75) is 32.2 Å². The first-order valence-corrected chi connectivity index (χ1v) is 4.74. The van der Waals surface area contributed by atoms with Gasteiger partial charge in [-0.05, 0) is 6.42 Å². The normalized spacial score (nSPS) is 12.6. The van der Waals surface area contributed by atoms with Crippen LogP contribution in [0, 0.1) is 0 Å². The third kappa shape index (κ3) is 5.38. The molecule has 0 heterocycles.